The van der Waals surface area contributed by atoms with Crippen molar-refractivity contribution in [3.8, 4) is 11.5 Å². The molecule has 0 unspecified atom stereocenters. The molecule has 2 aliphatic rings. The number of para-hydroxylation sites is 2. The summed E-state index contributed by atoms with van der Waals surface area (Å²) in [6.45, 7) is 3.37. The smallest absolute Gasteiger partial charge is 0.161 e. The van der Waals surface area contributed by atoms with Gasteiger partial charge in [-0.1, -0.05) is 42.5 Å². The summed E-state index contributed by atoms with van der Waals surface area (Å²) < 4.78 is 11.6. The summed E-state index contributed by atoms with van der Waals surface area (Å²) >= 11 is 0. The highest BCUT2D eigenvalue weighted by molar-refractivity contribution is 5.39. The fourth-order valence-electron chi connectivity index (χ4n) is 4.83. The summed E-state index contributed by atoms with van der Waals surface area (Å²) in [7, 11) is 1.65. The van der Waals surface area contributed by atoms with Crippen LogP contribution < -0.4 is 9.47 Å². The van der Waals surface area contributed by atoms with Gasteiger partial charge in [0.2, 0.25) is 0 Å². The van der Waals surface area contributed by atoms with Gasteiger partial charge in [0.15, 0.2) is 11.5 Å². The van der Waals surface area contributed by atoms with Gasteiger partial charge in [-0.15, -0.1) is 0 Å². The van der Waals surface area contributed by atoms with Crippen molar-refractivity contribution >= 4 is 0 Å². The van der Waals surface area contributed by atoms with Crippen LogP contribution in [0.4, 0.5) is 0 Å². The van der Waals surface area contributed by atoms with Gasteiger partial charge in [-0.2, -0.15) is 0 Å². The van der Waals surface area contributed by atoms with Crippen molar-refractivity contribution in [2.75, 3.05) is 26.7 Å². The Bertz CT molecular complexity index is 751. The minimum atomic E-state index is -0.407. The van der Waals surface area contributed by atoms with Gasteiger partial charge in [0.25, 0.3) is 0 Å². The second kappa shape index (κ2) is 8.97. The van der Waals surface area contributed by atoms with E-state index in [1.54, 1.807) is 7.11 Å². The molecule has 1 saturated carbocycles. The first-order valence-electron chi connectivity index (χ1n) is 10.5. The molecular weight excluding hydrogens is 350 g/mol. The first-order valence-corrected chi connectivity index (χ1v) is 10.5. The molecule has 0 aromatic heterocycles. The maximum Gasteiger partial charge on any atom is 0.161 e. The Kier molecular flexibility index (Phi) is 6.18. The Balaban J connectivity index is 1.29. The summed E-state index contributed by atoms with van der Waals surface area (Å²) in [4.78, 5) is 2.58. The lowest BCUT2D eigenvalue weighted by Gasteiger charge is -2.35. The number of hydrogen-bond acceptors (Lipinski definition) is 4. The van der Waals surface area contributed by atoms with Crippen LogP contribution >= 0.6 is 0 Å². The lowest BCUT2D eigenvalue weighted by molar-refractivity contribution is -0.0240. The van der Waals surface area contributed by atoms with Gasteiger partial charge in [0, 0.05) is 13.1 Å². The predicted octanol–water partition coefficient (Wildman–Crippen LogP) is 3.78. The van der Waals surface area contributed by atoms with Crippen molar-refractivity contribution in [3.05, 3.63) is 60.2 Å². The van der Waals surface area contributed by atoms with E-state index in [9.17, 15) is 5.11 Å². The van der Waals surface area contributed by atoms with Crippen molar-refractivity contribution in [1.29, 1.82) is 0 Å². The standard InChI is InChI=1S/C24H31NO3/c1-27-22-11-5-6-12-23(22)28-24-15-20-17-25(16-19(20)14-21(24)26)13-7-10-18-8-3-2-4-9-18/h2-6,8-9,11-12,19-21,24,26H,7,10,13-17H2,1H3/t19-,20+,21+,24+/m0/s1. The third-order valence-electron chi connectivity index (χ3n) is 6.29. The number of aryl methyl sites for hydroxylation is 1. The predicted molar refractivity (Wildman–Crippen MR) is 111 cm³/mol. The fraction of sp³-hybridized carbons (Fsp3) is 0.500. The lowest BCUT2D eigenvalue weighted by atomic mass is 9.78. The highest BCUT2D eigenvalue weighted by Gasteiger charge is 2.42. The van der Waals surface area contributed by atoms with Crippen LogP contribution in [0.5, 0.6) is 11.5 Å². The van der Waals surface area contributed by atoms with Gasteiger partial charge in [0.1, 0.15) is 6.10 Å². The number of benzene rings is 2. The van der Waals surface area contributed by atoms with Crippen molar-refractivity contribution in [3.63, 3.8) is 0 Å². The summed E-state index contributed by atoms with van der Waals surface area (Å²) in [5.74, 6) is 2.65. The molecule has 1 aliphatic carbocycles. The molecule has 0 radical (unpaired) electrons. The third-order valence-corrected chi connectivity index (χ3v) is 6.29. The molecule has 4 atom stereocenters. The number of fused-ring (bicyclic) bond motifs is 1. The Morgan fingerprint density at radius 2 is 1.61 bits per heavy atom. The SMILES string of the molecule is COc1ccccc1O[C@@H]1C[C@@H]2CN(CCCc3ccccc3)C[C@@H]2C[C@H]1O. The quantitative estimate of drug-likeness (QED) is 0.793. The maximum absolute atomic E-state index is 10.7. The molecular formula is C24H31NO3. The first kappa shape index (κ1) is 19.3. The molecule has 150 valence electrons. The summed E-state index contributed by atoms with van der Waals surface area (Å²) in [5.41, 5.74) is 1.42. The fourth-order valence-corrected chi connectivity index (χ4v) is 4.83. The average Bonchev–Trinajstić information content (AvgIpc) is 3.11. The molecule has 0 bridgehead atoms. The van der Waals surface area contributed by atoms with Crippen molar-refractivity contribution in [1.82, 2.24) is 4.90 Å². The molecule has 2 aromatic carbocycles. The third kappa shape index (κ3) is 4.50. The van der Waals surface area contributed by atoms with Crippen LogP contribution in [0.1, 0.15) is 24.8 Å². The van der Waals surface area contributed by atoms with Crippen LogP contribution in [0.2, 0.25) is 0 Å². The molecule has 2 fully saturated rings. The van der Waals surface area contributed by atoms with Crippen LogP contribution in [0.25, 0.3) is 0 Å². The number of nitrogens with zero attached hydrogens (tertiary/aromatic N) is 1. The number of likely N-dealkylation sites (tertiary alicyclic amines) is 1. The number of aliphatic hydroxyl groups is 1. The van der Waals surface area contributed by atoms with Crippen LogP contribution in [-0.2, 0) is 6.42 Å². The van der Waals surface area contributed by atoms with E-state index >= 15 is 0 Å². The van der Waals surface area contributed by atoms with Crippen LogP contribution in [-0.4, -0.2) is 49.0 Å². The molecule has 4 nitrogen and oxygen atoms in total. The van der Waals surface area contributed by atoms with E-state index in [1.165, 1.54) is 12.0 Å². The molecule has 0 amide bonds. The van der Waals surface area contributed by atoms with Crippen molar-refractivity contribution < 1.29 is 14.6 Å². The molecule has 28 heavy (non-hydrogen) atoms. The van der Waals surface area contributed by atoms with Crippen LogP contribution in [0.3, 0.4) is 0 Å². The zero-order valence-electron chi connectivity index (χ0n) is 16.7. The van der Waals surface area contributed by atoms with Gasteiger partial charge < -0.3 is 19.5 Å². The molecule has 1 saturated heterocycles. The van der Waals surface area contributed by atoms with Crippen LogP contribution in [0.15, 0.2) is 54.6 Å². The highest BCUT2D eigenvalue weighted by atomic mass is 16.5. The number of ether oxygens (including phenoxy) is 2. The average molecular weight is 382 g/mol. The number of hydrogen-bond donors (Lipinski definition) is 1. The lowest BCUT2D eigenvalue weighted by Crippen LogP contribution is -2.42. The largest absolute Gasteiger partial charge is 0.493 e. The number of rotatable bonds is 7. The van der Waals surface area contributed by atoms with Crippen molar-refractivity contribution in [2.45, 2.75) is 37.9 Å². The molecule has 1 aliphatic heterocycles. The zero-order valence-corrected chi connectivity index (χ0v) is 16.7. The Labute approximate surface area is 168 Å². The first-order chi connectivity index (χ1) is 13.7. The number of aliphatic hydroxyl groups excluding tert-OH is 1. The van der Waals surface area contributed by atoms with Gasteiger partial charge >= 0.3 is 0 Å². The second-order valence-electron chi connectivity index (χ2n) is 8.21. The van der Waals surface area contributed by atoms with Gasteiger partial charge in [-0.3, -0.25) is 0 Å². The van der Waals surface area contributed by atoms with E-state index in [-0.39, 0.29) is 6.10 Å². The van der Waals surface area contributed by atoms with Gasteiger partial charge in [0.05, 0.1) is 13.2 Å². The molecule has 1 heterocycles. The van der Waals surface area contributed by atoms with Gasteiger partial charge in [-0.25, -0.2) is 0 Å². The minimum Gasteiger partial charge on any atom is -0.493 e. The molecule has 1 N–H and O–H groups in total. The Hall–Kier alpha value is -2.04. The number of methoxy groups -OCH3 is 1. The normalized spacial score (nSPS) is 27.4. The van der Waals surface area contributed by atoms with Crippen LogP contribution in [0, 0.1) is 11.8 Å². The molecule has 4 rings (SSSR count). The van der Waals surface area contributed by atoms with E-state index in [2.05, 4.69) is 35.2 Å². The summed E-state index contributed by atoms with van der Waals surface area (Å²) in [6.07, 6.45) is 3.51. The molecule has 0 spiro atoms. The van der Waals surface area contributed by atoms with Gasteiger partial charge in [-0.05, 0) is 61.8 Å². The van der Waals surface area contributed by atoms with E-state index in [0.29, 0.717) is 11.8 Å². The van der Waals surface area contributed by atoms with E-state index in [1.807, 2.05) is 24.3 Å². The van der Waals surface area contributed by atoms with Crippen molar-refractivity contribution in [2.24, 2.45) is 11.8 Å². The van der Waals surface area contributed by atoms with E-state index in [4.69, 9.17) is 9.47 Å². The summed E-state index contributed by atoms with van der Waals surface area (Å²) in [6, 6.07) is 18.4. The monoisotopic (exact) mass is 381 g/mol. The maximum atomic E-state index is 10.7. The van der Waals surface area contributed by atoms with E-state index < -0.39 is 6.10 Å². The summed E-state index contributed by atoms with van der Waals surface area (Å²) in [5, 5.41) is 10.7. The molecule has 2 aromatic rings. The zero-order chi connectivity index (χ0) is 19.3. The topological polar surface area (TPSA) is 41.9 Å². The Morgan fingerprint density at radius 1 is 0.929 bits per heavy atom. The Morgan fingerprint density at radius 3 is 2.36 bits per heavy atom. The van der Waals surface area contributed by atoms with E-state index in [0.717, 1.165) is 50.4 Å². The molecule has 4 heteroatoms. The minimum absolute atomic E-state index is 0.151. The second-order valence-corrected chi connectivity index (χ2v) is 8.21. The highest BCUT2D eigenvalue weighted by Crippen LogP contribution is 2.39.